The molecule has 0 spiro atoms. The van der Waals surface area contributed by atoms with E-state index < -0.39 is 0 Å². The Morgan fingerprint density at radius 1 is 1.18 bits per heavy atom. The topological polar surface area (TPSA) is 62.1 Å². The van der Waals surface area contributed by atoms with Crippen LogP contribution in [0.15, 0.2) is 42.5 Å². The Labute approximate surface area is 130 Å². The molecule has 4 nitrogen and oxygen atoms in total. The lowest BCUT2D eigenvalue weighted by molar-refractivity contribution is -0.116. The quantitative estimate of drug-likeness (QED) is 0.916. The Bertz CT molecular complexity index is 700. The van der Waals surface area contributed by atoms with Crippen LogP contribution < -0.4 is 10.1 Å². The SMILES string of the molecule is Cc1ccc(OCCC(=O)Nc2ccc(C#N)cc2)c(C)c1. The number of anilines is 1. The van der Waals surface area contributed by atoms with Crippen LogP contribution in [0.1, 0.15) is 23.1 Å². The van der Waals surface area contributed by atoms with Crippen LogP contribution in [-0.4, -0.2) is 12.5 Å². The summed E-state index contributed by atoms with van der Waals surface area (Å²) in [4.78, 5) is 11.8. The van der Waals surface area contributed by atoms with Gasteiger partial charge in [0.1, 0.15) is 5.75 Å². The Hall–Kier alpha value is -2.80. The van der Waals surface area contributed by atoms with Crippen molar-refractivity contribution < 1.29 is 9.53 Å². The highest BCUT2D eigenvalue weighted by Gasteiger charge is 2.05. The first-order valence-corrected chi connectivity index (χ1v) is 7.08. The van der Waals surface area contributed by atoms with Gasteiger partial charge in [-0.25, -0.2) is 0 Å². The van der Waals surface area contributed by atoms with Crippen LogP contribution in [0, 0.1) is 25.2 Å². The predicted octanol–water partition coefficient (Wildman–Crippen LogP) is 3.58. The first-order valence-electron chi connectivity index (χ1n) is 7.08. The van der Waals surface area contributed by atoms with E-state index in [1.165, 1.54) is 5.56 Å². The molecule has 22 heavy (non-hydrogen) atoms. The van der Waals surface area contributed by atoms with Gasteiger partial charge in [0, 0.05) is 5.69 Å². The van der Waals surface area contributed by atoms with Gasteiger partial charge < -0.3 is 10.1 Å². The summed E-state index contributed by atoms with van der Waals surface area (Å²) in [6, 6.07) is 14.7. The molecule has 0 unspecified atom stereocenters. The van der Waals surface area contributed by atoms with Gasteiger partial charge in [-0.3, -0.25) is 4.79 Å². The van der Waals surface area contributed by atoms with Crippen molar-refractivity contribution in [1.82, 2.24) is 0 Å². The van der Waals surface area contributed by atoms with Crippen molar-refractivity contribution in [3.8, 4) is 11.8 Å². The average Bonchev–Trinajstić information content (AvgIpc) is 2.50. The fraction of sp³-hybridized carbons (Fsp3) is 0.222. The van der Waals surface area contributed by atoms with E-state index >= 15 is 0 Å². The van der Waals surface area contributed by atoms with Crippen molar-refractivity contribution in [1.29, 1.82) is 5.26 Å². The van der Waals surface area contributed by atoms with Gasteiger partial charge in [0.25, 0.3) is 0 Å². The zero-order valence-electron chi connectivity index (χ0n) is 12.7. The number of aryl methyl sites for hydroxylation is 2. The van der Waals surface area contributed by atoms with Crippen molar-refractivity contribution in [2.45, 2.75) is 20.3 Å². The Morgan fingerprint density at radius 2 is 1.91 bits per heavy atom. The number of nitrogens with zero attached hydrogens (tertiary/aromatic N) is 1. The van der Waals surface area contributed by atoms with E-state index in [1.54, 1.807) is 24.3 Å². The third-order valence-corrected chi connectivity index (χ3v) is 3.21. The number of nitriles is 1. The number of hydrogen-bond acceptors (Lipinski definition) is 3. The predicted molar refractivity (Wildman–Crippen MR) is 85.8 cm³/mol. The molecule has 4 heteroatoms. The minimum atomic E-state index is -0.116. The summed E-state index contributed by atoms with van der Waals surface area (Å²) in [5, 5.41) is 11.5. The number of carbonyl (C=O) groups excluding carboxylic acids is 1. The zero-order chi connectivity index (χ0) is 15.9. The first-order chi connectivity index (χ1) is 10.6. The molecule has 2 rings (SSSR count). The van der Waals surface area contributed by atoms with Gasteiger partial charge in [-0.1, -0.05) is 17.7 Å². The number of amides is 1. The van der Waals surface area contributed by atoms with Crippen molar-refractivity contribution in [2.24, 2.45) is 0 Å². The summed E-state index contributed by atoms with van der Waals surface area (Å²) in [7, 11) is 0. The molecule has 1 N–H and O–H groups in total. The van der Waals surface area contributed by atoms with E-state index in [-0.39, 0.29) is 12.3 Å². The number of carbonyl (C=O) groups is 1. The lowest BCUT2D eigenvalue weighted by Crippen LogP contribution is -2.15. The second-order valence-electron chi connectivity index (χ2n) is 5.10. The number of nitrogens with one attached hydrogen (secondary N) is 1. The monoisotopic (exact) mass is 294 g/mol. The summed E-state index contributed by atoms with van der Waals surface area (Å²) < 4.78 is 5.63. The minimum absolute atomic E-state index is 0.116. The fourth-order valence-electron chi connectivity index (χ4n) is 2.07. The molecule has 1 amide bonds. The second-order valence-corrected chi connectivity index (χ2v) is 5.10. The van der Waals surface area contributed by atoms with E-state index in [0.717, 1.165) is 11.3 Å². The smallest absolute Gasteiger partial charge is 0.227 e. The molecule has 0 aromatic heterocycles. The van der Waals surface area contributed by atoms with E-state index in [0.29, 0.717) is 17.9 Å². The van der Waals surface area contributed by atoms with Gasteiger partial charge in [-0.2, -0.15) is 5.26 Å². The van der Waals surface area contributed by atoms with Crippen molar-refractivity contribution in [3.63, 3.8) is 0 Å². The molecule has 112 valence electrons. The lowest BCUT2D eigenvalue weighted by Gasteiger charge is -2.10. The van der Waals surface area contributed by atoms with Gasteiger partial charge in [-0.05, 0) is 49.7 Å². The Kier molecular flexibility index (Phi) is 5.16. The normalized spacial score (nSPS) is 9.86. The zero-order valence-corrected chi connectivity index (χ0v) is 12.7. The maximum absolute atomic E-state index is 11.8. The van der Waals surface area contributed by atoms with Crippen LogP contribution >= 0.6 is 0 Å². The van der Waals surface area contributed by atoms with Crippen LogP contribution in [0.3, 0.4) is 0 Å². The summed E-state index contributed by atoms with van der Waals surface area (Å²) in [5.74, 6) is 0.686. The van der Waals surface area contributed by atoms with Crippen molar-refractivity contribution >= 4 is 11.6 Å². The molecule has 0 radical (unpaired) electrons. The maximum Gasteiger partial charge on any atom is 0.227 e. The molecule has 2 aromatic rings. The maximum atomic E-state index is 11.8. The molecule has 0 aliphatic rings. The van der Waals surface area contributed by atoms with Crippen LogP contribution in [0.25, 0.3) is 0 Å². The van der Waals surface area contributed by atoms with Gasteiger partial charge in [0.15, 0.2) is 0 Å². The number of hydrogen-bond donors (Lipinski definition) is 1. The molecular weight excluding hydrogens is 276 g/mol. The molecule has 0 saturated carbocycles. The summed E-state index contributed by atoms with van der Waals surface area (Å²) >= 11 is 0. The van der Waals surface area contributed by atoms with Crippen molar-refractivity contribution in [2.75, 3.05) is 11.9 Å². The minimum Gasteiger partial charge on any atom is -0.493 e. The summed E-state index contributed by atoms with van der Waals surface area (Å²) in [5.41, 5.74) is 3.49. The molecule has 0 fully saturated rings. The van der Waals surface area contributed by atoms with Crippen LogP contribution in [0.2, 0.25) is 0 Å². The molecule has 0 bridgehead atoms. The largest absolute Gasteiger partial charge is 0.493 e. The average molecular weight is 294 g/mol. The van der Waals surface area contributed by atoms with Crippen LogP contribution in [0.5, 0.6) is 5.75 Å². The van der Waals surface area contributed by atoms with E-state index in [9.17, 15) is 4.79 Å². The molecular formula is C18H18N2O2. The molecule has 0 aliphatic carbocycles. The van der Waals surface area contributed by atoms with E-state index in [1.807, 2.05) is 38.1 Å². The van der Waals surface area contributed by atoms with Gasteiger partial charge in [-0.15, -0.1) is 0 Å². The highest BCUT2D eigenvalue weighted by atomic mass is 16.5. The van der Waals surface area contributed by atoms with Crippen LogP contribution in [-0.2, 0) is 4.79 Å². The highest BCUT2D eigenvalue weighted by molar-refractivity contribution is 5.90. The van der Waals surface area contributed by atoms with Crippen LogP contribution in [0.4, 0.5) is 5.69 Å². The Morgan fingerprint density at radius 3 is 2.55 bits per heavy atom. The van der Waals surface area contributed by atoms with Crippen molar-refractivity contribution in [3.05, 3.63) is 59.2 Å². The standard InChI is InChI=1S/C18H18N2O2/c1-13-3-8-17(14(2)11-13)22-10-9-18(21)20-16-6-4-15(12-19)5-7-16/h3-8,11H,9-10H2,1-2H3,(H,20,21). The van der Waals surface area contributed by atoms with E-state index in [4.69, 9.17) is 10.00 Å². The second kappa shape index (κ2) is 7.28. The number of benzene rings is 2. The molecule has 0 heterocycles. The fourth-order valence-corrected chi connectivity index (χ4v) is 2.07. The highest BCUT2D eigenvalue weighted by Crippen LogP contribution is 2.18. The molecule has 0 aliphatic heterocycles. The molecule has 0 atom stereocenters. The third-order valence-electron chi connectivity index (χ3n) is 3.21. The Balaban J connectivity index is 1.81. The number of ether oxygens (including phenoxy) is 1. The molecule has 2 aromatic carbocycles. The summed E-state index contributed by atoms with van der Waals surface area (Å²) in [6.07, 6.45) is 0.271. The van der Waals surface area contributed by atoms with Gasteiger partial charge >= 0.3 is 0 Å². The molecule has 0 saturated heterocycles. The number of rotatable bonds is 5. The summed E-state index contributed by atoms with van der Waals surface area (Å²) in [6.45, 7) is 4.34. The lowest BCUT2D eigenvalue weighted by atomic mass is 10.1. The van der Waals surface area contributed by atoms with Gasteiger partial charge in [0.05, 0.1) is 24.7 Å². The van der Waals surface area contributed by atoms with Gasteiger partial charge in [0.2, 0.25) is 5.91 Å². The first kappa shape index (κ1) is 15.6. The third kappa shape index (κ3) is 4.35. The van der Waals surface area contributed by atoms with E-state index in [2.05, 4.69) is 5.32 Å².